The molecule has 0 aliphatic rings. The number of anilines is 1. The van der Waals surface area contributed by atoms with Gasteiger partial charge in [-0.05, 0) is 48.9 Å². The van der Waals surface area contributed by atoms with Crippen LogP contribution in [0.4, 0.5) is 10.1 Å². The van der Waals surface area contributed by atoms with Crippen molar-refractivity contribution < 1.29 is 9.18 Å². The van der Waals surface area contributed by atoms with Gasteiger partial charge in [0.15, 0.2) is 0 Å². The molecule has 3 aromatic heterocycles. The molecule has 0 aliphatic heterocycles. The number of benzene rings is 2. The van der Waals surface area contributed by atoms with Gasteiger partial charge in [0.1, 0.15) is 18.1 Å². The zero-order valence-corrected chi connectivity index (χ0v) is 17.9. The van der Waals surface area contributed by atoms with Crippen LogP contribution in [0.5, 0.6) is 0 Å². The first-order valence-electron chi connectivity index (χ1n) is 10.5. The van der Waals surface area contributed by atoms with Gasteiger partial charge in [0.2, 0.25) is 5.91 Å². The molecule has 0 fully saturated rings. The van der Waals surface area contributed by atoms with Crippen molar-refractivity contribution in [2.45, 2.75) is 13.5 Å². The second-order valence-corrected chi connectivity index (χ2v) is 7.66. The third kappa shape index (κ3) is 4.21. The zero-order valence-electron chi connectivity index (χ0n) is 17.9. The number of hydrogen-bond donors (Lipinski definition) is 1. The number of fused-ring (bicyclic) bond motifs is 1. The van der Waals surface area contributed by atoms with Crippen LogP contribution in [0.15, 0.2) is 85.2 Å². The first-order valence-corrected chi connectivity index (χ1v) is 10.5. The number of para-hydroxylation sites is 2. The summed E-state index contributed by atoms with van der Waals surface area (Å²) in [6.07, 6.45) is 3.58. The van der Waals surface area contributed by atoms with Crippen molar-refractivity contribution in [3.63, 3.8) is 0 Å². The van der Waals surface area contributed by atoms with Crippen LogP contribution < -0.4 is 5.32 Å². The molecule has 5 rings (SSSR count). The molecule has 0 saturated heterocycles. The highest BCUT2D eigenvalue weighted by molar-refractivity contribution is 5.97. The van der Waals surface area contributed by atoms with Gasteiger partial charge in [-0.2, -0.15) is 5.10 Å². The minimum atomic E-state index is -0.486. The molecule has 7 heteroatoms. The van der Waals surface area contributed by atoms with Crippen molar-refractivity contribution >= 4 is 22.5 Å². The Morgan fingerprint density at radius 1 is 0.970 bits per heavy atom. The number of pyridine rings is 2. The molecule has 2 aromatic carbocycles. The molecular formula is C26H20FN5O. The molecule has 1 N–H and O–H groups in total. The molecule has 0 saturated carbocycles. The molecule has 0 atom stereocenters. The Bertz CT molecular complexity index is 1470. The lowest BCUT2D eigenvalue weighted by Gasteiger charge is -2.06. The first kappa shape index (κ1) is 20.5. The van der Waals surface area contributed by atoms with Crippen LogP contribution in [0, 0.1) is 12.7 Å². The smallest absolute Gasteiger partial charge is 0.246 e. The molecule has 162 valence electrons. The number of halogens is 1. The molecule has 6 nitrogen and oxygen atoms in total. The lowest BCUT2D eigenvalue weighted by molar-refractivity contribution is -0.116. The van der Waals surface area contributed by atoms with Crippen molar-refractivity contribution in [1.29, 1.82) is 0 Å². The normalized spacial score (nSPS) is 11.0. The summed E-state index contributed by atoms with van der Waals surface area (Å²) in [7, 11) is 0. The fourth-order valence-electron chi connectivity index (χ4n) is 3.79. The van der Waals surface area contributed by atoms with Crippen molar-refractivity contribution in [2.24, 2.45) is 0 Å². The average molecular weight is 437 g/mol. The number of aromatic nitrogens is 4. The van der Waals surface area contributed by atoms with Crippen molar-refractivity contribution in [3.8, 4) is 22.5 Å². The number of carbonyl (C=O) groups excluding carboxylic acids is 1. The maximum absolute atomic E-state index is 13.9. The largest absolute Gasteiger partial charge is 0.322 e. The molecule has 0 aliphatic carbocycles. The van der Waals surface area contributed by atoms with E-state index in [9.17, 15) is 9.18 Å². The summed E-state index contributed by atoms with van der Waals surface area (Å²) in [6, 6.07) is 21.6. The summed E-state index contributed by atoms with van der Waals surface area (Å²) in [5.41, 5.74) is 5.02. The van der Waals surface area contributed by atoms with Gasteiger partial charge < -0.3 is 5.32 Å². The van der Waals surface area contributed by atoms with Crippen molar-refractivity contribution in [2.75, 3.05) is 5.32 Å². The van der Waals surface area contributed by atoms with E-state index in [0.717, 1.165) is 27.7 Å². The van der Waals surface area contributed by atoms with Crippen molar-refractivity contribution in [3.05, 3.63) is 96.7 Å². The van der Waals surface area contributed by atoms with Crippen LogP contribution >= 0.6 is 0 Å². The number of nitrogens with one attached hydrogen (secondary N) is 1. The Kier molecular flexibility index (Phi) is 5.36. The van der Waals surface area contributed by atoms with Gasteiger partial charge in [-0.1, -0.05) is 36.4 Å². The standard InChI is InChI=1S/C26H20FN5O/c1-17-7-6-12-24(29-17)26-20(18-13-14-28-22-10-4-2-8-19(18)22)15-32(31-26)16-25(33)30-23-11-5-3-9-21(23)27/h2-15H,16H2,1H3,(H,30,33). The summed E-state index contributed by atoms with van der Waals surface area (Å²) >= 11 is 0. The summed E-state index contributed by atoms with van der Waals surface area (Å²) in [5.74, 6) is -0.864. The lowest BCUT2D eigenvalue weighted by atomic mass is 10.0. The Hall–Kier alpha value is -4.39. The molecule has 0 radical (unpaired) electrons. The number of rotatable bonds is 5. The van der Waals surface area contributed by atoms with E-state index in [1.165, 1.54) is 12.1 Å². The van der Waals surface area contributed by atoms with E-state index < -0.39 is 5.82 Å². The molecule has 3 heterocycles. The summed E-state index contributed by atoms with van der Waals surface area (Å²) in [6.45, 7) is 1.85. The van der Waals surface area contributed by atoms with E-state index in [4.69, 9.17) is 0 Å². The molecule has 5 aromatic rings. The second kappa shape index (κ2) is 8.63. The van der Waals surface area contributed by atoms with Crippen LogP contribution in [0.3, 0.4) is 0 Å². The van der Waals surface area contributed by atoms with E-state index in [-0.39, 0.29) is 18.1 Å². The Labute approximate surface area is 189 Å². The molecule has 0 unspecified atom stereocenters. The van der Waals surface area contributed by atoms with Gasteiger partial charge in [0.05, 0.1) is 16.9 Å². The van der Waals surface area contributed by atoms with Gasteiger partial charge in [0.25, 0.3) is 0 Å². The summed E-state index contributed by atoms with van der Waals surface area (Å²) in [4.78, 5) is 21.7. The van der Waals surface area contributed by atoms with E-state index in [0.29, 0.717) is 11.4 Å². The van der Waals surface area contributed by atoms with Gasteiger partial charge in [-0.25, -0.2) is 4.39 Å². The predicted octanol–water partition coefficient (Wildman–Crippen LogP) is 5.25. The van der Waals surface area contributed by atoms with E-state index in [1.807, 2.05) is 61.7 Å². The Morgan fingerprint density at radius 2 is 1.79 bits per heavy atom. The highest BCUT2D eigenvalue weighted by atomic mass is 19.1. The summed E-state index contributed by atoms with van der Waals surface area (Å²) < 4.78 is 15.5. The highest BCUT2D eigenvalue weighted by Crippen LogP contribution is 2.34. The Morgan fingerprint density at radius 3 is 2.64 bits per heavy atom. The molecule has 0 bridgehead atoms. The van der Waals surface area contributed by atoms with Crippen LogP contribution in [-0.2, 0) is 11.3 Å². The maximum Gasteiger partial charge on any atom is 0.246 e. The third-order valence-corrected chi connectivity index (χ3v) is 5.29. The Balaban J connectivity index is 1.57. The minimum absolute atomic E-state index is 0.0732. The quantitative estimate of drug-likeness (QED) is 0.408. The number of carbonyl (C=O) groups is 1. The second-order valence-electron chi connectivity index (χ2n) is 7.66. The topological polar surface area (TPSA) is 72.7 Å². The van der Waals surface area contributed by atoms with Crippen LogP contribution in [-0.4, -0.2) is 25.7 Å². The van der Waals surface area contributed by atoms with E-state index in [1.54, 1.807) is 23.0 Å². The average Bonchev–Trinajstić information content (AvgIpc) is 3.23. The summed E-state index contributed by atoms with van der Waals surface area (Å²) in [5, 5.41) is 8.27. The van der Waals surface area contributed by atoms with Gasteiger partial charge >= 0.3 is 0 Å². The molecule has 33 heavy (non-hydrogen) atoms. The molecule has 0 spiro atoms. The maximum atomic E-state index is 13.9. The number of aryl methyl sites for hydroxylation is 1. The van der Waals surface area contributed by atoms with Crippen LogP contribution in [0.2, 0.25) is 0 Å². The lowest BCUT2D eigenvalue weighted by Crippen LogP contribution is -2.19. The third-order valence-electron chi connectivity index (χ3n) is 5.29. The van der Waals surface area contributed by atoms with Crippen LogP contribution in [0.1, 0.15) is 5.69 Å². The minimum Gasteiger partial charge on any atom is -0.322 e. The monoisotopic (exact) mass is 437 g/mol. The first-order chi connectivity index (χ1) is 16.1. The number of amides is 1. The van der Waals surface area contributed by atoms with Gasteiger partial charge in [0, 0.05) is 29.0 Å². The van der Waals surface area contributed by atoms with E-state index in [2.05, 4.69) is 20.4 Å². The number of nitrogens with zero attached hydrogens (tertiary/aromatic N) is 4. The van der Waals surface area contributed by atoms with Crippen molar-refractivity contribution in [1.82, 2.24) is 19.7 Å². The van der Waals surface area contributed by atoms with Gasteiger partial charge in [-0.15, -0.1) is 0 Å². The number of hydrogen-bond acceptors (Lipinski definition) is 4. The van der Waals surface area contributed by atoms with Gasteiger partial charge in [-0.3, -0.25) is 19.4 Å². The SMILES string of the molecule is Cc1cccc(-c2nn(CC(=O)Nc3ccccc3F)cc2-c2ccnc3ccccc23)n1. The van der Waals surface area contributed by atoms with E-state index >= 15 is 0 Å². The predicted molar refractivity (Wildman–Crippen MR) is 126 cm³/mol. The molecule has 1 amide bonds. The zero-order chi connectivity index (χ0) is 22.8. The van der Waals surface area contributed by atoms with Crippen LogP contribution in [0.25, 0.3) is 33.4 Å². The highest BCUT2D eigenvalue weighted by Gasteiger charge is 2.18. The fraction of sp³-hybridized carbons (Fsp3) is 0.0769. The fourth-order valence-corrected chi connectivity index (χ4v) is 3.79. The molecular weight excluding hydrogens is 417 g/mol.